The minimum Gasteiger partial charge on any atom is -0.493 e. The van der Waals surface area contributed by atoms with Gasteiger partial charge in [0.25, 0.3) is 0 Å². The number of fused-ring (bicyclic) bond motifs is 3. The van der Waals surface area contributed by atoms with E-state index in [-0.39, 0.29) is 6.10 Å². The molecule has 0 unspecified atom stereocenters. The molecule has 0 saturated carbocycles. The maximum Gasteiger partial charge on any atom is 0.142 e. The molecule has 3 aliphatic rings. The van der Waals surface area contributed by atoms with Gasteiger partial charge in [-0.15, -0.1) is 0 Å². The monoisotopic (exact) mass is 526 g/mol. The summed E-state index contributed by atoms with van der Waals surface area (Å²) in [6, 6.07) is 12.9. The molecule has 208 valence electrons. The molecule has 8 nitrogen and oxygen atoms in total. The van der Waals surface area contributed by atoms with Crippen LogP contribution in [0.3, 0.4) is 0 Å². The Balaban J connectivity index is 1.29. The molecule has 8 heteroatoms. The van der Waals surface area contributed by atoms with Gasteiger partial charge in [0.15, 0.2) is 0 Å². The fourth-order valence-corrected chi connectivity index (χ4v) is 5.83. The first-order valence-corrected chi connectivity index (χ1v) is 13.9. The van der Waals surface area contributed by atoms with Gasteiger partial charge in [0.2, 0.25) is 0 Å². The van der Waals surface area contributed by atoms with Crippen molar-refractivity contribution in [1.29, 1.82) is 0 Å². The number of anilines is 1. The summed E-state index contributed by atoms with van der Waals surface area (Å²) in [6.45, 7) is 7.53. The van der Waals surface area contributed by atoms with Crippen LogP contribution < -0.4 is 19.7 Å². The van der Waals surface area contributed by atoms with E-state index in [1.54, 1.807) is 14.2 Å². The molecule has 1 N–H and O–H groups in total. The van der Waals surface area contributed by atoms with E-state index in [0.717, 1.165) is 81.2 Å². The van der Waals surface area contributed by atoms with Crippen LogP contribution in [0.1, 0.15) is 36.0 Å². The minimum atomic E-state index is -0.447. The third-order valence-electron chi connectivity index (χ3n) is 7.76. The molecule has 1 saturated heterocycles. The fourth-order valence-electron chi connectivity index (χ4n) is 5.83. The summed E-state index contributed by atoms with van der Waals surface area (Å²) in [6.07, 6.45) is 3.54. The largest absolute Gasteiger partial charge is 0.493 e. The molecule has 3 aliphatic heterocycles. The van der Waals surface area contributed by atoms with Crippen molar-refractivity contribution in [1.82, 2.24) is 5.32 Å². The Morgan fingerprint density at radius 3 is 2.82 bits per heavy atom. The van der Waals surface area contributed by atoms with Crippen molar-refractivity contribution >= 4 is 5.69 Å². The fraction of sp³-hybridized carbons (Fsp3) is 0.600. The maximum absolute atomic E-state index is 6.65. The molecule has 3 heterocycles. The Morgan fingerprint density at radius 2 is 1.92 bits per heavy atom. The van der Waals surface area contributed by atoms with E-state index >= 15 is 0 Å². The van der Waals surface area contributed by atoms with Crippen molar-refractivity contribution in [2.75, 3.05) is 78.3 Å². The van der Waals surface area contributed by atoms with Gasteiger partial charge < -0.3 is 38.6 Å². The van der Waals surface area contributed by atoms with E-state index in [1.807, 2.05) is 0 Å². The highest BCUT2D eigenvalue weighted by Gasteiger charge is 2.47. The number of piperidine rings is 1. The minimum absolute atomic E-state index is 0.0890. The number of nitrogens with one attached hydrogen (secondary N) is 1. The van der Waals surface area contributed by atoms with Gasteiger partial charge in [-0.2, -0.15) is 0 Å². The SMILES string of the molecule is COCCCOc1ccc2c(c1)CCO[C@@]21CCNC[C@@H]1OCc1ccc2c(c1)N(CCCOC)CCO2. The van der Waals surface area contributed by atoms with Gasteiger partial charge >= 0.3 is 0 Å². The second-order valence-corrected chi connectivity index (χ2v) is 10.2. The summed E-state index contributed by atoms with van der Waals surface area (Å²) >= 11 is 0. The summed E-state index contributed by atoms with van der Waals surface area (Å²) in [7, 11) is 3.47. The lowest BCUT2D eigenvalue weighted by molar-refractivity contribution is -0.175. The molecule has 5 rings (SSSR count). The molecular formula is C30H42N2O6. The number of ether oxygens (including phenoxy) is 6. The van der Waals surface area contributed by atoms with Crippen molar-refractivity contribution < 1.29 is 28.4 Å². The van der Waals surface area contributed by atoms with Gasteiger partial charge in [-0.3, -0.25) is 0 Å². The molecule has 2 aromatic carbocycles. The lowest BCUT2D eigenvalue weighted by Gasteiger charge is -2.47. The Bertz CT molecular complexity index is 1050. The molecule has 0 bridgehead atoms. The van der Waals surface area contributed by atoms with Crippen LogP contribution in [-0.4, -0.2) is 79.5 Å². The van der Waals surface area contributed by atoms with Crippen LogP contribution in [0, 0.1) is 0 Å². The third-order valence-corrected chi connectivity index (χ3v) is 7.76. The number of hydrogen-bond donors (Lipinski definition) is 1. The molecule has 38 heavy (non-hydrogen) atoms. The second kappa shape index (κ2) is 13.1. The topological polar surface area (TPSA) is 70.7 Å². The van der Waals surface area contributed by atoms with Crippen LogP contribution in [0.2, 0.25) is 0 Å². The zero-order valence-corrected chi connectivity index (χ0v) is 22.8. The number of rotatable bonds is 12. The Labute approximate surface area is 226 Å². The molecule has 2 aromatic rings. The molecule has 1 fully saturated rings. The van der Waals surface area contributed by atoms with Crippen LogP contribution in [0.25, 0.3) is 0 Å². The van der Waals surface area contributed by atoms with Gasteiger partial charge in [-0.05, 0) is 66.8 Å². The van der Waals surface area contributed by atoms with Crippen LogP contribution in [0.4, 0.5) is 5.69 Å². The first-order chi connectivity index (χ1) is 18.7. The maximum atomic E-state index is 6.65. The standard InChI is InChI=1S/C30H42N2O6/c1-33-14-3-12-32-13-18-36-28-8-5-23(19-27(28)32)22-37-29-21-31-11-10-30(29)26-7-6-25(35-16-4-15-34-2)20-24(26)9-17-38-30/h5-8,19-20,29,31H,3-4,9-18,21-22H2,1-2H3/t29-,30-/m0/s1. The second-order valence-electron chi connectivity index (χ2n) is 10.2. The Morgan fingerprint density at radius 1 is 1.03 bits per heavy atom. The summed E-state index contributed by atoms with van der Waals surface area (Å²) < 4.78 is 35.5. The smallest absolute Gasteiger partial charge is 0.142 e. The first-order valence-electron chi connectivity index (χ1n) is 13.9. The molecule has 0 aromatic heterocycles. The highest BCUT2D eigenvalue weighted by Crippen LogP contribution is 2.43. The van der Waals surface area contributed by atoms with Crippen LogP contribution in [0.15, 0.2) is 36.4 Å². The average molecular weight is 527 g/mol. The zero-order chi connectivity index (χ0) is 26.2. The Hall–Kier alpha value is -2.36. The molecule has 2 atom stereocenters. The van der Waals surface area contributed by atoms with E-state index in [2.05, 4.69) is 46.6 Å². The summed E-state index contributed by atoms with van der Waals surface area (Å²) in [5.41, 5.74) is 4.37. The van der Waals surface area contributed by atoms with Crippen molar-refractivity contribution in [2.45, 2.75) is 44.0 Å². The molecule has 0 aliphatic carbocycles. The molecule has 1 spiro atoms. The summed E-state index contributed by atoms with van der Waals surface area (Å²) in [4.78, 5) is 2.39. The number of nitrogens with zero attached hydrogens (tertiary/aromatic N) is 1. The lowest BCUT2D eigenvalue weighted by atomic mass is 9.78. The van der Waals surface area contributed by atoms with E-state index in [0.29, 0.717) is 33.0 Å². The zero-order valence-electron chi connectivity index (χ0n) is 22.8. The highest BCUT2D eigenvalue weighted by atomic mass is 16.6. The summed E-state index contributed by atoms with van der Waals surface area (Å²) in [5, 5.41) is 3.53. The van der Waals surface area contributed by atoms with Gasteiger partial charge in [-0.25, -0.2) is 0 Å². The predicted octanol–water partition coefficient (Wildman–Crippen LogP) is 3.68. The van der Waals surface area contributed by atoms with Crippen LogP contribution in [0.5, 0.6) is 11.5 Å². The van der Waals surface area contributed by atoms with E-state index < -0.39 is 5.60 Å². The quantitative estimate of drug-likeness (QED) is 0.420. The molecular weight excluding hydrogens is 484 g/mol. The number of methoxy groups -OCH3 is 2. The lowest BCUT2D eigenvalue weighted by Crippen LogP contribution is -2.56. The van der Waals surface area contributed by atoms with Gasteiger partial charge in [-0.1, -0.05) is 12.1 Å². The van der Waals surface area contributed by atoms with Crippen molar-refractivity contribution in [3.63, 3.8) is 0 Å². The first kappa shape index (κ1) is 27.2. The Kier molecular flexibility index (Phi) is 9.40. The van der Waals surface area contributed by atoms with E-state index in [9.17, 15) is 0 Å². The molecule has 0 amide bonds. The number of hydrogen-bond acceptors (Lipinski definition) is 8. The van der Waals surface area contributed by atoms with Crippen LogP contribution >= 0.6 is 0 Å². The summed E-state index contributed by atoms with van der Waals surface area (Å²) in [5.74, 6) is 1.85. The third kappa shape index (κ3) is 6.10. The number of benzene rings is 2. The normalized spacial score (nSPS) is 22.6. The van der Waals surface area contributed by atoms with Gasteiger partial charge in [0.1, 0.15) is 29.8 Å². The average Bonchev–Trinajstić information content (AvgIpc) is 2.95. The van der Waals surface area contributed by atoms with Crippen molar-refractivity contribution in [3.8, 4) is 11.5 Å². The van der Waals surface area contributed by atoms with E-state index in [1.165, 1.54) is 11.1 Å². The van der Waals surface area contributed by atoms with Gasteiger partial charge in [0, 0.05) is 46.9 Å². The van der Waals surface area contributed by atoms with E-state index in [4.69, 9.17) is 28.4 Å². The van der Waals surface area contributed by atoms with Crippen molar-refractivity contribution in [3.05, 3.63) is 53.1 Å². The van der Waals surface area contributed by atoms with Gasteiger partial charge in [0.05, 0.1) is 32.1 Å². The highest BCUT2D eigenvalue weighted by molar-refractivity contribution is 5.61. The predicted molar refractivity (Wildman–Crippen MR) is 146 cm³/mol. The van der Waals surface area contributed by atoms with Crippen molar-refractivity contribution in [2.24, 2.45) is 0 Å². The molecule has 0 radical (unpaired) electrons. The van der Waals surface area contributed by atoms with Crippen LogP contribution in [-0.2, 0) is 37.6 Å².